The Balaban J connectivity index is 1.93. The first-order valence-electron chi connectivity index (χ1n) is 8.45. The zero-order valence-corrected chi connectivity index (χ0v) is 14.7. The summed E-state index contributed by atoms with van der Waals surface area (Å²) in [5.41, 5.74) is 8.38. The van der Waals surface area contributed by atoms with Crippen molar-refractivity contribution in [3.8, 4) is 0 Å². The number of carbonyl (C=O) groups is 2. The van der Waals surface area contributed by atoms with Crippen molar-refractivity contribution in [2.24, 2.45) is 5.73 Å². The highest BCUT2D eigenvalue weighted by atomic mass is 16.5. The van der Waals surface area contributed by atoms with Gasteiger partial charge in [0.2, 0.25) is 0 Å². The van der Waals surface area contributed by atoms with Crippen LogP contribution in [0.15, 0.2) is 48.5 Å². The Kier molecular flexibility index (Phi) is 6.91. The first kappa shape index (κ1) is 19.2. The number of benzene rings is 2. The van der Waals surface area contributed by atoms with Crippen LogP contribution in [-0.2, 0) is 22.5 Å². The molecule has 26 heavy (non-hydrogen) atoms. The maximum Gasteiger partial charge on any atom is 0.306 e. The van der Waals surface area contributed by atoms with E-state index < -0.39 is 0 Å². The van der Waals surface area contributed by atoms with E-state index in [0.29, 0.717) is 37.1 Å². The summed E-state index contributed by atoms with van der Waals surface area (Å²) in [7, 11) is 0. The molecule has 0 aliphatic carbocycles. The van der Waals surface area contributed by atoms with Crippen LogP contribution in [0, 0.1) is 5.41 Å². The van der Waals surface area contributed by atoms with Crippen LogP contribution < -0.4 is 11.1 Å². The van der Waals surface area contributed by atoms with Crippen molar-refractivity contribution >= 4 is 17.7 Å². The van der Waals surface area contributed by atoms with Gasteiger partial charge in [0.05, 0.1) is 6.61 Å². The molecule has 0 fully saturated rings. The van der Waals surface area contributed by atoms with E-state index in [-0.39, 0.29) is 17.7 Å². The Morgan fingerprint density at radius 1 is 1.08 bits per heavy atom. The summed E-state index contributed by atoms with van der Waals surface area (Å²) < 4.78 is 4.93. The minimum Gasteiger partial charge on any atom is -0.466 e. The minimum absolute atomic E-state index is 0.0750. The van der Waals surface area contributed by atoms with Gasteiger partial charge in [-0.3, -0.25) is 15.0 Å². The molecule has 2 rings (SSSR count). The third kappa shape index (κ3) is 5.73. The molecular weight excluding hydrogens is 330 g/mol. The third-order valence-corrected chi connectivity index (χ3v) is 3.80. The van der Waals surface area contributed by atoms with Gasteiger partial charge in [-0.25, -0.2) is 0 Å². The van der Waals surface area contributed by atoms with Crippen molar-refractivity contribution in [1.29, 1.82) is 5.41 Å². The quantitative estimate of drug-likeness (QED) is 0.385. The summed E-state index contributed by atoms with van der Waals surface area (Å²) in [4.78, 5) is 23.7. The SMILES string of the molecule is CCOC(=O)CCc1cccc(CNC(=O)c2cccc(C(=N)N)c2)c1. The molecule has 136 valence electrons. The zero-order chi connectivity index (χ0) is 18.9. The Morgan fingerprint density at radius 2 is 1.77 bits per heavy atom. The van der Waals surface area contributed by atoms with Gasteiger partial charge in [-0.1, -0.05) is 36.4 Å². The van der Waals surface area contributed by atoms with Crippen molar-refractivity contribution in [1.82, 2.24) is 5.32 Å². The van der Waals surface area contributed by atoms with Crippen LogP contribution in [0.25, 0.3) is 0 Å². The number of ether oxygens (including phenoxy) is 1. The molecule has 0 unspecified atom stereocenters. The Morgan fingerprint density at radius 3 is 2.50 bits per heavy atom. The van der Waals surface area contributed by atoms with Gasteiger partial charge in [0.1, 0.15) is 5.84 Å². The van der Waals surface area contributed by atoms with E-state index in [2.05, 4.69) is 5.32 Å². The van der Waals surface area contributed by atoms with Crippen molar-refractivity contribution in [2.75, 3.05) is 6.61 Å². The largest absolute Gasteiger partial charge is 0.466 e. The molecule has 4 N–H and O–H groups in total. The fourth-order valence-corrected chi connectivity index (χ4v) is 2.49. The standard InChI is InChI=1S/C20H23N3O3/c1-2-26-18(24)10-9-14-5-3-6-15(11-14)13-23-20(25)17-8-4-7-16(12-17)19(21)22/h3-8,11-12H,2,9-10,13H2,1H3,(H3,21,22)(H,23,25). The van der Waals surface area contributed by atoms with E-state index in [9.17, 15) is 9.59 Å². The normalized spacial score (nSPS) is 10.2. The fraction of sp³-hybridized carbons (Fsp3) is 0.250. The predicted molar refractivity (Wildman–Crippen MR) is 100 cm³/mol. The molecule has 0 spiro atoms. The number of nitrogens with one attached hydrogen (secondary N) is 2. The van der Waals surface area contributed by atoms with Crippen LogP contribution in [0.3, 0.4) is 0 Å². The lowest BCUT2D eigenvalue weighted by molar-refractivity contribution is -0.143. The molecule has 0 aromatic heterocycles. The number of esters is 1. The van der Waals surface area contributed by atoms with Crippen LogP contribution in [0.1, 0.15) is 40.4 Å². The summed E-state index contributed by atoms with van der Waals surface area (Å²) >= 11 is 0. The second kappa shape index (κ2) is 9.36. The number of aryl methyl sites for hydroxylation is 1. The number of carbonyl (C=O) groups excluding carboxylic acids is 2. The number of rotatable bonds is 8. The Hall–Kier alpha value is -3.15. The van der Waals surface area contributed by atoms with Gasteiger partial charge in [-0.2, -0.15) is 0 Å². The summed E-state index contributed by atoms with van der Waals surface area (Å²) in [5.74, 6) is -0.518. The fourth-order valence-electron chi connectivity index (χ4n) is 2.49. The highest BCUT2D eigenvalue weighted by molar-refractivity contribution is 5.99. The second-order valence-corrected chi connectivity index (χ2v) is 5.80. The van der Waals surface area contributed by atoms with Crippen LogP contribution in [0.5, 0.6) is 0 Å². The van der Waals surface area contributed by atoms with Gasteiger partial charge in [0, 0.05) is 24.1 Å². The van der Waals surface area contributed by atoms with Crippen molar-refractivity contribution in [2.45, 2.75) is 26.3 Å². The van der Waals surface area contributed by atoms with E-state index in [1.54, 1.807) is 31.2 Å². The average Bonchev–Trinajstić information content (AvgIpc) is 2.65. The molecule has 1 amide bonds. The molecule has 0 aliphatic rings. The van der Waals surface area contributed by atoms with Gasteiger partial charge in [0.15, 0.2) is 0 Å². The Labute approximate surface area is 152 Å². The molecule has 6 heteroatoms. The van der Waals surface area contributed by atoms with E-state index >= 15 is 0 Å². The summed E-state index contributed by atoms with van der Waals surface area (Å²) in [5, 5.41) is 10.3. The summed E-state index contributed by atoms with van der Waals surface area (Å²) in [6.07, 6.45) is 0.933. The lowest BCUT2D eigenvalue weighted by atomic mass is 10.1. The molecule has 2 aromatic rings. The number of hydrogen-bond acceptors (Lipinski definition) is 4. The number of nitrogen functional groups attached to an aromatic ring is 1. The third-order valence-electron chi connectivity index (χ3n) is 3.80. The van der Waals surface area contributed by atoms with E-state index in [4.69, 9.17) is 15.9 Å². The number of nitrogens with two attached hydrogens (primary N) is 1. The molecule has 0 radical (unpaired) electrons. The average molecular weight is 353 g/mol. The molecule has 0 aliphatic heterocycles. The highest BCUT2D eigenvalue weighted by Crippen LogP contribution is 2.09. The smallest absolute Gasteiger partial charge is 0.306 e. The molecule has 0 atom stereocenters. The molecule has 0 bridgehead atoms. The minimum atomic E-state index is -0.231. The van der Waals surface area contributed by atoms with Gasteiger partial charge in [0.25, 0.3) is 5.91 Å². The zero-order valence-electron chi connectivity index (χ0n) is 14.7. The molecule has 0 saturated carbocycles. The van der Waals surface area contributed by atoms with Crippen molar-refractivity contribution < 1.29 is 14.3 Å². The summed E-state index contributed by atoms with van der Waals surface area (Å²) in [6, 6.07) is 14.4. The van der Waals surface area contributed by atoms with E-state index in [1.165, 1.54) is 0 Å². The predicted octanol–water partition coefficient (Wildman–Crippen LogP) is 2.40. The van der Waals surface area contributed by atoms with Crippen LogP contribution in [0.2, 0.25) is 0 Å². The molecule has 2 aromatic carbocycles. The molecule has 0 heterocycles. The first-order valence-corrected chi connectivity index (χ1v) is 8.45. The second-order valence-electron chi connectivity index (χ2n) is 5.80. The van der Waals surface area contributed by atoms with Crippen LogP contribution in [0.4, 0.5) is 0 Å². The molecule has 0 saturated heterocycles. The van der Waals surface area contributed by atoms with Crippen molar-refractivity contribution in [3.05, 3.63) is 70.8 Å². The topological polar surface area (TPSA) is 105 Å². The first-order chi connectivity index (χ1) is 12.5. The number of amidine groups is 1. The lowest BCUT2D eigenvalue weighted by Gasteiger charge is -2.08. The van der Waals surface area contributed by atoms with Gasteiger partial charge in [-0.05, 0) is 36.6 Å². The van der Waals surface area contributed by atoms with E-state index in [0.717, 1.165) is 11.1 Å². The lowest BCUT2D eigenvalue weighted by Crippen LogP contribution is -2.23. The van der Waals surface area contributed by atoms with Crippen molar-refractivity contribution in [3.63, 3.8) is 0 Å². The van der Waals surface area contributed by atoms with Gasteiger partial charge >= 0.3 is 5.97 Å². The van der Waals surface area contributed by atoms with Gasteiger partial charge in [-0.15, -0.1) is 0 Å². The van der Waals surface area contributed by atoms with E-state index in [1.807, 2.05) is 24.3 Å². The Bertz CT molecular complexity index is 802. The highest BCUT2D eigenvalue weighted by Gasteiger charge is 2.08. The van der Waals surface area contributed by atoms with Crippen LogP contribution in [-0.4, -0.2) is 24.3 Å². The van der Waals surface area contributed by atoms with Crippen LogP contribution >= 0.6 is 0 Å². The monoisotopic (exact) mass is 353 g/mol. The molecule has 6 nitrogen and oxygen atoms in total. The summed E-state index contributed by atoms with van der Waals surface area (Å²) in [6.45, 7) is 2.54. The molecular formula is C20H23N3O3. The maximum absolute atomic E-state index is 12.3. The maximum atomic E-state index is 12.3. The van der Waals surface area contributed by atoms with Gasteiger partial charge < -0.3 is 15.8 Å². The number of amides is 1. The number of hydrogen-bond donors (Lipinski definition) is 3.